The van der Waals surface area contributed by atoms with Crippen molar-refractivity contribution in [2.24, 2.45) is 0 Å². The summed E-state index contributed by atoms with van der Waals surface area (Å²) in [5.74, 6) is 0.619. The van der Waals surface area contributed by atoms with Crippen molar-refractivity contribution in [1.82, 2.24) is 19.5 Å². The summed E-state index contributed by atoms with van der Waals surface area (Å²) in [6, 6.07) is 4.50. The highest BCUT2D eigenvalue weighted by atomic mass is 35.5. The van der Waals surface area contributed by atoms with Crippen LogP contribution in [0.5, 0.6) is 0 Å². The van der Waals surface area contributed by atoms with Crippen LogP contribution in [0.25, 0.3) is 5.65 Å². The standard InChI is InChI=1S/C15H19ClN4/c1-19-7-3-2-4-13(19)12-9-15-17-11(10-5-6-10)8-14(16)20(15)18-12/h8-10,13H,2-7H2,1H3/t13-/m0/s1. The Kier molecular flexibility index (Phi) is 2.97. The van der Waals surface area contributed by atoms with E-state index in [0.29, 0.717) is 17.1 Å². The molecule has 1 aliphatic heterocycles. The first-order valence-corrected chi connectivity index (χ1v) is 7.86. The van der Waals surface area contributed by atoms with Crippen molar-refractivity contribution in [3.05, 3.63) is 28.7 Å². The van der Waals surface area contributed by atoms with Gasteiger partial charge in [-0.15, -0.1) is 0 Å². The molecule has 0 amide bonds. The molecule has 0 aromatic carbocycles. The Labute approximate surface area is 123 Å². The Balaban J connectivity index is 1.75. The second-order valence-corrected chi connectivity index (χ2v) is 6.50. The van der Waals surface area contributed by atoms with Crippen molar-refractivity contribution in [3.8, 4) is 0 Å². The summed E-state index contributed by atoms with van der Waals surface area (Å²) in [6.45, 7) is 1.15. The van der Waals surface area contributed by atoms with Gasteiger partial charge in [0.15, 0.2) is 5.65 Å². The van der Waals surface area contributed by atoms with Crippen molar-refractivity contribution in [2.75, 3.05) is 13.6 Å². The van der Waals surface area contributed by atoms with Crippen LogP contribution in [0.15, 0.2) is 12.1 Å². The predicted molar refractivity (Wildman–Crippen MR) is 79.2 cm³/mol. The maximum atomic E-state index is 6.37. The number of nitrogens with zero attached hydrogens (tertiary/aromatic N) is 4. The molecule has 20 heavy (non-hydrogen) atoms. The van der Waals surface area contributed by atoms with E-state index in [1.165, 1.54) is 32.1 Å². The minimum absolute atomic E-state index is 0.408. The SMILES string of the molecule is CN1CCCC[C@H]1c1cc2nc(C3CC3)cc(Cl)n2n1. The molecule has 2 aromatic heterocycles. The van der Waals surface area contributed by atoms with Gasteiger partial charge >= 0.3 is 0 Å². The summed E-state index contributed by atoms with van der Waals surface area (Å²) < 4.78 is 1.78. The third kappa shape index (κ3) is 2.11. The van der Waals surface area contributed by atoms with E-state index in [1.807, 2.05) is 6.07 Å². The largest absolute Gasteiger partial charge is 0.298 e. The monoisotopic (exact) mass is 290 g/mol. The van der Waals surface area contributed by atoms with Crippen LogP contribution in [-0.4, -0.2) is 33.1 Å². The number of fused-ring (bicyclic) bond motifs is 1. The number of aromatic nitrogens is 3. The van der Waals surface area contributed by atoms with Gasteiger partial charge in [0.25, 0.3) is 0 Å². The Hall–Kier alpha value is -1.13. The van der Waals surface area contributed by atoms with Gasteiger partial charge in [0, 0.05) is 17.7 Å². The summed E-state index contributed by atoms with van der Waals surface area (Å²) in [5.41, 5.74) is 3.13. The van der Waals surface area contributed by atoms with Crippen molar-refractivity contribution in [3.63, 3.8) is 0 Å². The molecule has 2 aliphatic rings. The highest BCUT2D eigenvalue weighted by Gasteiger charge is 2.27. The lowest BCUT2D eigenvalue weighted by Crippen LogP contribution is -2.29. The molecule has 4 nitrogen and oxygen atoms in total. The van der Waals surface area contributed by atoms with Crippen LogP contribution in [0.3, 0.4) is 0 Å². The molecule has 2 fully saturated rings. The first kappa shape index (κ1) is 12.6. The van der Waals surface area contributed by atoms with Gasteiger partial charge in [0.05, 0.1) is 11.7 Å². The lowest BCUT2D eigenvalue weighted by atomic mass is 10.0. The molecular formula is C15H19ClN4. The Morgan fingerprint density at radius 3 is 2.75 bits per heavy atom. The van der Waals surface area contributed by atoms with Crippen LogP contribution >= 0.6 is 11.6 Å². The van der Waals surface area contributed by atoms with E-state index in [0.717, 1.165) is 23.6 Å². The molecule has 0 N–H and O–H groups in total. The zero-order chi connectivity index (χ0) is 13.7. The minimum Gasteiger partial charge on any atom is -0.298 e. The Morgan fingerprint density at radius 1 is 1.15 bits per heavy atom. The molecule has 106 valence electrons. The number of hydrogen-bond donors (Lipinski definition) is 0. The average Bonchev–Trinajstić information content (AvgIpc) is 3.19. The van der Waals surface area contributed by atoms with Crippen molar-refractivity contribution >= 4 is 17.2 Å². The van der Waals surface area contributed by atoms with Crippen LogP contribution in [0.1, 0.15) is 55.5 Å². The fourth-order valence-electron chi connectivity index (χ4n) is 3.17. The molecule has 1 saturated carbocycles. The zero-order valence-electron chi connectivity index (χ0n) is 11.7. The molecule has 3 heterocycles. The molecule has 0 bridgehead atoms. The molecular weight excluding hydrogens is 272 g/mol. The molecule has 1 atom stereocenters. The number of piperidine rings is 1. The summed E-state index contributed by atoms with van der Waals surface area (Å²) in [4.78, 5) is 7.13. The van der Waals surface area contributed by atoms with Gasteiger partial charge in [0.1, 0.15) is 5.15 Å². The molecule has 2 aromatic rings. The second kappa shape index (κ2) is 4.71. The van der Waals surface area contributed by atoms with Gasteiger partial charge in [-0.3, -0.25) is 4.90 Å². The van der Waals surface area contributed by atoms with Crippen LogP contribution in [0.4, 0.5) is 0 Å². The van der Waals surface area contributed by atoms with Gasteiger partial charge in [-0.25, -0.2) is 9.50 Å². The van der Waals surface area contributed by atoms with E-state index in [4.69, 9.17) is 16.6 Å². The van der Waals surface area contributed by atoms with Crippen LogP contribution in [-0.2, 0) is 0 Å². The van der Waals surface area contributed by atoms with Crippen molar-refractivity contribution in [2.45, 2.75) is 44.1 Å². The summed E-state index contributed by atoms with van der Waals surface area (Å²) >= 11 is 6.37. The summed E-state index contributed by atoms with van der Waals surface area (Å²) in [7, 11) is 2.18. The number of rotatable bonds is 2. The highest BCUT2D eigenvalue weighted by molar-refractivity contribution is 6.29. The Morgan fingerprint density at radius 2 is 2.00 bits per heavy atom. The molecule has 5 heteroatoms. The number of halogens is 1. The third-order valence-electron chi connectivity index (χ3n) is 4.53. The van der Waals surface area contributed by atoms with Gasteiger partial charge in [-0.2, -0.15) is 5.10 Å². The normalized spacial score (nSPS) is 24.4. The predicted octanol–water partition coefficient (Wildman–Crippen LogP) is 3.42. The van der Waals surface area contributed by atoms with Gasteiger partial charge < -0.3 is 0 Å². The fourth-order valence-corrected chi connectivity index (χ4v) is 3.41. The molecule has 0 radical (unpaired) electrons. The van der Waals surface area contributed by atoms with Gasteiger partial charge in [0.2, 0.25) is 0 Å². The number of likely N-dealkylation sites (tertiary alicyclic amines) is 1. The molecule has 1 aliphatic carbocycles. The van der Waals surface area contributed by atoms with Crippen LogP contribution in [0.2, 0.25) is 5.15 Å². The van der Waals surface area contributed by atoms with Crippen LogP contribution in [0, 0.1) is 0 Å². The fraction of sp³-hybridized carbons (Fsp3) is 0.600. The smallest absolute Gasteiger partial charge is 0.157 e. The molecule has 1 saturated heterocycles. The first-order valence-electron chi connectivity index (χ1n) is 7.49. The van der Waals surface area contributed by atoms with Gasteiger partial charge in [-0.1, -0.05) is 18.0 Å². The van der Waals surface area contributed by atoms with Crippen molar-refractivity contribution < 1.29 is 0 Å². The first-order chi connectivity index (χ1) is 9.72. The summed E-state index contributed by atoms with van der Waals surface area (Å²) in [6.07, 6.45) is 6.22. The topological polar surface area (TPSA) is 33.4 Å². The maximum absolute atomic E-state index is 6.37. The van der Waals surface area contributed by atoms with Crippen LogP contribution < -0.4 is 0 Å². The lowest BCUT2D eigenvalue weighted by Gasteiger charge is -2.30. The molecule has 4 rings (SSSR count). The highest BCUT2D eigenvalue weighted by Crippen LogP contribution is 2.40. The average molecular weight is 291 g/mol. The molecule has 0 unspecified atom stereocenters. The second-order valence-electron chi connectivity index (χ2n) is 6.11. The maximum Gasteiger partial charge on any atom is 0.157 e. The van der Waals surface area contributed by atoms with E-state index < -0.39 is 0 Å². The molecule has 0 spiro atoms. The van der Waals surface area contributed by atoms with Gasteiger partial charge in [-0.05, 0) is 45.3 Å². The van der Waals surface area contributed by atoms with E-state index in [9.17, 15) is 0 Å². The minimum atomic E-state index is 0.408. The number of hydrogen-bond acceptors (Lipinski definition) is 3. The van der Waals surface area contributed by atoms with E-state index in [2.05, 4.69) is 23.1 Å². The third-order valence-corrected chi connectivity index (χ3v) is 4.80. The summed E-state index contributed by atoms with van der Waals surface area (Å²) in [5, 5.41) is 5.37. The van der Waals surface area contributed by atoms with E-state index in [1.54, 1.807) is 4.52 Å². The van der Waals surface area contributed by atoms with Crippen molar-refractivity contribution in [1.29, 1.82) is 0 Å². The van der Waals surface area contributed by atoms with E-state index in [-0.39, 0.29) is 0 Å². The Bertz CT molecular complexity index is 647. The zero-order valence-corrected chi connectivity index (χ0v) is 12.5. The van der Waals surface area contributed by atoms with E-state index >= 15 is 0 Å². The lowest BCUT2D eigenvalue weighted by molar-refractivity contribution is 0.183. The quantitative estimate of drug-likeness (QED) is 0.795.